The van der Waals surface area contributed by atoms with Crippen LogP contribution in [0.25, 0.3) is 5.65 Å². The Kier molecular flexibility index (Phi) is 4.64. The molecule has 2 aromatic heterocycles. The van der Waals surface area contributed by atoms with E-state index in [0.29, 0.717) is 30.9 Å². The standard InChI is InChI=1S/C19H20N6O3/c1-13-11-16-20-21-17(14(2)25(16)22-13)18(26)23-9-6-10-24(23)19(27)28-12-15-7-4-3-5-8-15/h3-5,7-8,11H,6,9-10,12H2,1-2H3. The number of rotatable bonds is 3. The van der Waals surface area contributed by atoms with Gasteiger partial charge in [-0.25, -0.2) is 19.3 Å². The highest BCUT2D eigenvalue weighted by Crippen LogP contribution is 2.18. The van der Waals surface area contributed by atoms with Crippen LogP contribution >= 0.6 is 0 Å². The number of aryl methyl sites for hydroxylation is 2. The molecule has 0 radical (unpaired) electrons. The molecule has 144 valence electrons. The molecule has 0 saturated carbocycles. The fourth-order valence-electron chi connectivity index (χ4n) is 3.20. The molecule has 0 N–H and O–H groups in total. The van der Waals surface area contributed by atoms with Gasteiger partial charge in [-0.15, -0.1) is 10.2 Å². The zero-order chi connectivity index (χ0) is 19.7. The molecule has 28 heavy (non-hydrogen) atoms. The molecule has 9 nitrogen and oxygen atoms in total. The van der Waals surface area contributed by atoms with E-state index in [1.165, 1.54) is 10.0 Å². The Bertz CT molecular complexity index is 1030. The fraction of sp³-hybridized carbons (Fsp3) is 0.316. The normalized spacial score (nSPS) is 13.9. The van der Waals surface area contributed by atoms with Crippen molar-refractivity contribution in [3.05, 3.63) is 59.0 Å². The molecule has 9 heteroatoms. The third kappa shape index (κ3) is 3.26. The summed E-state index contributed by atoms with van der Waals surface area (Å²) in [7, 11) is 0. The van der Waals surface area contributed by atoms with Gasteiger partial charge < -0.3 is 4.74 Å². The van der Waals surface area contributed by atoms with Crippen molar-refractivity contribution in [2.45, 2.75) is 26.9 Å². The van der Waals surface area contributed by atoms with Crippen LogP contribution in [-0.2, 0) is 11.3 Å². The average Bonchev–Trinajstić information content (AvgIpc) is 3.33. The van der Waals surface area contributed by atoms with Gasteiger partial charge in [-0.3, -0.25) is 4.79 Å². The van der Waals surface area contributed by atoms with Crippen molar-refractivity contribution in [3.8, 4) is 0 Å². The van der Waals surface area contributed by atoms with E-state index < -0.39 is 12.0 Å². The lowest BCUT2D eigenvalue weighted by Crippen LogP contribution is -2.45. The lowest BCUT2D eigenvalue weighted by atomic mass is 10.2. The Hall–Kier alpha value is -3.49. The first kappa shape index (κ1) is 17.9. The topological polar surface area (TPSA) is 92.9 Å². The van der Waals surface area contributed by atoms with E-state index >= 15 is 0 Å². The third-order valence-electron chi connectivity index (χ3n) is 4.61. The monoisotopic (exact) mass is 380 g/mol. The van der Waals surface area contributed by atoms with Crippen molar-refractivity contribution in [2.75, 3.05) is 13.1 Å². The van der Waals surface area contributed by atoms with E-state index in [4.69, 9.17) is 4.74 Å². The van der Waals surface area contributed by atoms with Gasteiger partial charge in [0.2, 0.25) is 0 Å². The summed E-state index contributed by atoms with van der Waals surface area (Å²) in [6, 6.07) is 11.2. The van der Waals surface area contributed by atoms with Crippen LogP contribution < -0.4 is 0 Å². The highest BCUT2D eigenvalue weighted by atomic mass is 16.6. The Balaban J connectivity index is 1.52. The lowest BCUT2D eigenvalue weighted by Gasteiger charge is -2.27. The summed E-state index contributed by atoms with van der Waals surface area (Å²) >= 11 is 0. The van der Waals surface area contributed by atoms with E-state index in [2.05, 4.69) is 15.3 Å². The van der Waals surface area contributed by atoms with E-state index in [0.717, 1.165) is 11.3 Å². The summed E-state index contributed by atoms with van der Waals surface area (Å²) in [5.41, 5.74) is 2.99. The summed E-state index contributed by atoms with van der Waals surface area (Å²) in [6.07, 6.45) is 0.109. The largest absolute Gasteiger partial charge is 0.443 e. The summed E-state index contributed by atoms with van der Waals surface area (Å²) in [5.74, 6) is -0.394. The van der Waals surface area contributed by atoms with Gasteiger partial charge >= 0.3 is 6.09 Å². The number of hydrogen-bond donors (Lipinski definition) is 0. The molecule has 1 aliphatic rings. The fourth-order valence-corrected chi connectivity index (χ4v) is 3.20. The van der Waals surface area contributed by atoms with E-state index in [9.17, 15) is 9.59 Å². The van der Waals surface area contributed by atoms with Crippen molar-refractivity contribution in [3.63, 3.8) is 0 Å². The van der Waals surface area contributed by atoms with Crippen molar-refractivity contribution >= 4 is 17.6 Å². The first-order chi connectivity index (χ1) is 13.5. The van der Waals surface area contributed by atoms with Crippen LogP contribution in [0.2, 0.25) is 0 Å². The van der Waals surface area contributed by atoms with E-state index in [1.807, 2.05) is 37.3 Å². The van der Waals surface area contributed by atoms with Gasteiger partial charge in [0.15, 0.2) is 11.3 Å². The summed E-state index contributed by atoms with van der Waals surface area (Å²) in [5, 5.41) is 15.2. The van der Waals surface area contributed by atoms with Crippen molar-refractivity contribution < 1.29 is 14.3 Å². The number of hydrazine groups is 1. The first-order valence-electron chi connectivity index (χ1n) is 9.04. The second kappa shape index (κ2) is 7.26. The van der Waals surface area contributed by atoms with Crippen LogP contribution in [-0.4, -0.2) is 54.9 Å². The second-order valence-corrected chi connectivity index (χ2v) is 6.63. The summed E-state index contributed by atoms with van der Waals surface area (Å²) in [4.78, 5) is 25.6. The van der Waals surface area contributed by atoms with Gasteiger partial charge in [0.05, 0.1) is 11.4 Å². The maximum Gasteiger partial charge on any atom is 0.429 e. The molecule has 1 aromatic carbocycles. The number of benzene rings is 1. The third-order valence-corrected chi connectivity index (χ3v) is 4.61. The Labute approximate surface area is 161 Å². The number of fused-ring (bicyclic) bond motifs is 1. The molecule has 3 heterocycles. The van der Waals surface area contributed by atoms with Crippen LogP contribution in [0.3, 0.4) is 0 Å². The number of amides is 2. The quantitative estimate of drug-likeness (QED) is 0.691. The van der Waals surface area contributed by atoms with Crippen LogP contribution in [0.1, 0.15) is 33.9 Å². The minimum Gasteiger partial charge on any atom is -0.443 e. The number of carbonyl (C=O) groups is 2. The molecule has 1 saturated heterocycles. The predicted molar refractivity (Wildman–Crippen MR) is 99.2 cm³/mol. The number of ether oxygens (including phenoxy) is 1. The van der Waals surface area contributed by atoms with E-state index in [1.54, 1.807) is 17.5 Å². The summed E-state index contributed by atoms with van der Waals surface area (Å²) < 4.78 is 6.96. The highest BCUT2D eigenvalue weighted by molar-refractivity contribution is 5.94. The van der Waals surface area contributed by atoms with E-state index in [-0.39, 0.29) is 12.3 Å². The zero-order valence-electron chi connectivity index (χ0n) is 15.7. The zero-order valence-corrected chi connectivity index (χ0v) is 15.7. The molecule has 0 unspecified atom stereocenters. The number of aromatic nitrogens is 4. The maximum absolute atomic E-state index is 13.0. The molecular formula is C19H20N6O3. The van der Waals surface area contributed by atoms with Crippen LogP contribution in [0.5, 0.6) is 0 Å². The molecule has 0 bridgehead atoms. The van der Waals surface area contributed by atoms with Gasteiger partial charge in [0, 0.05) is 19.2 Å². The molecule has 1 aliphatic heterocycles. The number of hydrogen-bond acceptors (Lipinski definition) is 6. The van der Waals surface area contributed by atoms with Gasteiger partial charge in [-0.05, 0) is 25.8 Å². The number of nitrogens with zero attached hydrogens (tertiary/aromatic N) is 6. The SMILES string of the molecule is Cc1cc2nnc(C(=O)N3CCCN3C(=O)OCc3ccccc3)c(C)n2n1. The van der Waals surface area contributed by atoms with Crippen molar-refractivity contribution in [1.82, 2.24) is 29.8 Å². The van der Waals surface area contributed by atoms with Crippen molar-refractivity contribution in [1.29, 1.82) is 0 Å². The molecular weight excluding hydrogens is 360 g/mol. The number of carbonyl (C=O) groups excluding carboxylic acids is 2. The molecule has 0 spiro atoms. The second-order valence-electron chi connectivity index (χ2n) is 6.63. The predicted octanol–water partition coefficient (Wildman–Crippen LogP) is 2.14. The van der Waals surface area contributed by atoms with Gasteiger partial charge in [-0.1, -0.05) is 30.3 Å². The molecule has 2 amide bonds. The maximum atomic E-state index is 13.0. The van der Waals surface area contributed by atoms with Crippen LogP contribution in [0, 0.1) is 13.8 Å². The Morgan fingerprint density at radius 1 is 1.07 bits per heavy atom. The molecule has 3 aromatic rings. The molecule has 4 rings (SSSR count). The highest BCUT2D eigenvalue weighted by Gasteiger charge is 2.34. The Morgan fingerprint density at radius 2 is 1.82 bits per heavy atom. The minimum atomic E-state index is -0.559. The Morgan fingerprint density at radius 3 is 2.61 bits per heavy atom. The molecule has 0 atom stereocenters. The minimum absolute atomic E-state index is 0.148. The van der Waals surface area contributed by atoms with Crippen molar-refractivity contribution in [2.24, 2.45) is 0 Å². The smallest absolute Gasteiger partial charge is 0.429 e. The average molecular weight is 380 g/mol. The molecule has 1 fully saturated rings. The van der Waals surface area contributed by atoms with Crippen LogP contribution in [0.4, 0.5) is 4.79 Å². The van der Waals surface area contributed by atoms with Crippen LogP contribution in [0.15, 0.2) is 36.4 Å². The first-order valence-corrected chi connectivity index (χ1v) is 9.04. The molecule has 0 aliphatic carbocycles. The van der Waals surface area contributed by atoms with Gasteiger partial charge in [0.25, 0.3) is 5.91 Å². The lowest BCUT2D eigenvalue weighted by molar-refractivity contribution is 0.0105. The van der Waals surface area contributed by atoms with Gasteiger partial charge in [0.1, 0.15) is 6.61 Å². The van der Waals surface area contributed by atoms with Gasteiger partial charge in [-0.2, -0.15) is 5.10 Å². The summed E-state index contributed by atoms with van der Waals surface area (Å²) in [6.45, 7) is 4.58.